The number of oxime groups is 1. The number of carbonyl (C=O) groups excluding carboxylic acids is 3. The zero-order chi connectivity index (χ0) is 31.4. The first kappa shape index (κ1) is 31.0. The molecule has 0 bridgehead atoms. The van der Waals surface area contributed by atoms with E-state index in [-0.39, 0.29) is 25.0 Å². The highest BCUT2D eigenvalue weighted by atomic mass is 16.6. The second kappa shape index (κ2) is 13.6. The van der Waals surface area contributed by atoms with Gasteiger partial charge in [0.2, 0.25) is 11.8 Å². The average molecular weight is 622 g/mol. The lowest BCUT2D eigenvalue weighted by atomic mass is 9.94. The first-order valence-electron chi connectivity index (χ1n) is 16.5. The number of allylic oxidation sites excluding steroid dienone is 1. The van der Waals surface area contributed by atoms with E-state index in [9.17, 15) is 24.3 Å². The van der Waals surface area contributed by atoms with Crippen molar-refractivity contribution in [2.24, 2.45) is 11.1 Å². The van der Waals surface area contributed by atoms with Crippen LogP contribution in [0.1, 0.15) is 94.7 Å². The highest BCUT2D eigenvalue weighted by Gasteiger charge is 2.61. The van der Waals surface area contributed by atoms with Crippen LogP contribution >= 0.6 is 0 Å². The third kappa shape index (κ3) is 6.99. The number of aromatic nitrogens is 1. The van der Waals surface area contributed by atoms with Crippen LogP contribution in [-0.4, -0.2) is 81.0 Å². The lowest BCUT2D eigenvalue weighted by Crippen LogP contribution is -2.56. The molecule has 45 heavy (non-hydrogen) atoms. The summed E-state index contributed by atoms with van der Waals surface area (Å²) in [6, 6.07) is 1.95. The highest BCUT2D eigenvalue weighted by Crippen LogP contribution is 2.45. The smallest absolute Gasteiger partial charge is 0.408 e. The Kier molecular flexibility index (Phi) is 9.37. The number of amides is 3. The van der Waals surface area contributed by atoms with Gasteiger partial charge in [-0.05, 0) is 82.8 Å². The molecule has 6 rings (SSSR count). The van der Waals surface area contributed by atoms with Gasteiger partial charge in [-0.2, -0.15) is 0 Å². The Morgan fingerprint density at radius 3 is 2.71 bits per heavy atom. The van der Waals surface area contributed by atoms with Gasteiger partial charge in [0.1, 0.15) is 29.8 Å². The molecule has 3 fully saturated rings. The number of nitrogens with zero attached hydrogens (tertiary/aromatic N) is 3. The third-order valence-corrected chi connectivity index (χ3v) is 9.83. The molecule has 12 nitrogen and oxygen atoms in total. The quantitative estimate of drug-likeness (QED) is 0.332. The van der Waals surface area contributed by atoms with Crippen LogP contribution in [0.4, 0.5) is 4.79 Å². The summed E-state index contributed by atoms with van der Waals surface area (Å²) in [6.45, 7) is 0.0762. The summed E-state index contributed by atoms with van der Waals surface area (Å²) in [4.78, 5) is 65.1. The molecular weight excluding hydrogens is 578 g/mol. The van der Waals surface area contributed by atoms with Crippen LogP contribution in [0, 0.1) is 5.92 Å². The Morgan fingerprint density at radius 1 is 1.07 bits per heavy atom. The van der Waals surface area contributed by atoms with Crippen LogP contribution in [-0.2, 0) is 30.4 Å². The van der Waals surface area contributed by atoms with Crippen molar-refractivity contribution in [2.45, 2.75) is 120 Å². The molecule has 3 heterocycles. The van der Waals surface area contributed by atoms with Gasteiger partial charge in [0, 0.05) is 29.8 Å². The molecule has 0 aromatic carbocycles. The average Bonchev–Trinajstić information content (AvgIpc) is 3.33. The van der Waals surface area contributed by atoms with Crippen molar-refractivity contribution in [1.82, 2.24) is 20.5 Å². The number of hydrogen-bond donors (Lipinski definition) is 3. The van der Waals surface area contributed by atoms with Gasteiger partial charge >= 0.3 is 12.1 Å². The van der Waals surface area contributed by atoms with E-state index >= 15 is 0 Å². The molecule has 1 saturated heterocycles. The Hall–Kier alpha value is -3.96. The van der Waals surface area contributed by atoms with Crippen molar-refractivity contribution in [3.8, 4) is 0 Å². The van der Waals surface area contributed by atoms with Gasteiger partial charge in [-0.25, -0.2) is 9.59 Å². The lowest BCUT2D eigenvalue weighted by Gasteiger charge is -2.29. The molecule has 3 N–H and O–H groups in total. The first-order valence-corrected chi connectivity index (χ1v) is 16.5. The van der Waals surface area contributed by atoms with Crippen molar-refractivity contribution >= 4 is 29.6 Å². The van der Waals surface area contributed by atoms with E-state index in [2.05, 4.69) is 20.8 Å². The molecule has 12 heteroatoms. The number of carboxylic acid groups (broad SMARTS) is 1. The van der Waals surface area contributed by atoms with E-state index in [1.165, 1.54) is 4.90 Å². The number of nitrogens with one attached hydrogen (secondary N) is 2. The van der Waals surface area contributed by atoms with Gasteiger partial charge in [0.25, 0.3) is 0 Å². The summed E-state index contributed by atoms with van der Waals surface area (Å²) in [5.74, 6) is -2.36. The predicted octanol–water partition coefficient (Wildman–Crippen LogP) is 3.63. The number of carbonyl (C=O) groups is 4. The number of rotatable bonds is 5. The van der Waals surface area contributed by atoms with Crippen molar-refractivity contribution in [1.29, 1.82) is 0 Å². The van der Waals surface area contributed by atoms with Gasteiger partial charge in [-0.3, -0.25) is 14.6 Å². The normalized spacial score (nSPS) is 32.3. The molecule has 3 amide bonds. The molecule has 5 atom stereocenters. The van der Waals surface area contributed by atoms with E-state index in [1.54, 1.807) is 6.20 Å². The summed E-state index contributed by atoms with van der Waals surface area (Å²) in [5, 5.41) is 20.1. The minimum absolute atomic E-state index is 0.0762. The van der Waals surface area contributed by atoms with Gasteiger partial charge in [0.05, 0.1) is 12.3 Å². The second-order valence-corrected chi connectivity index (χ2v) is 13.0. The largest absolute Gasteiger partial charge is 0.479 e. The van der Waals surface area contributed by atoms with E-state index in [4.69, 9.17) is 9.57 Å². The van der Waals surface area contributed by atoms with Crippen LogP contribution in [0.2, 0.25) is 0 Å². The van der Waals surface area contributed by atoms with E-state index in [0.717, 1.165) is 81.2 Å². The number of fused-ring (bicyclic) bond motifs is 3. The SMILES string of the molecule is O=C(N[C@H]1CCCCC/C=C\[C@@H]2C[C@]2(C(=O)O)NC(=O)[C@@H]2C[C@@H](O/N=C3\CCCc4ncccc43)CN2C1=O)OC1CCCC1. The van der Waals surface area contributed by atoms with Gasteiger partial charge in [-0.15, -0.1) is 0 Å². The molecule has 0 radical (unpaired) electrons. The second-order valence-electron chi connectivity index (χ2n) is 13.0. The number of alkyl carbamates (subject to hydrolysis) is 1. The van der Waals surface area contributed by atoms with Crippen LogP contribution in [0.15, 0.2) is 35.6 Å². The fourth-order valence-corrected chi connectivity index (χ4v) is 7.16. The molecule has 2 saturated carbocycles. The van der Waals surface area contributed by atoms with Crippen LogP contribution in [0.25, 0.3) is 0 Å². The van der Waals surface area contributed by atoms with Gasteiger partial charge < -0.3 is 30.2 Å². The molecule has 3 aliphatic carbocycles. The molecule has 0 unspecified atom stereocenters. The Morgan fingerprint density at radius 2 is 1.89 bits per heavy atom. The summed E-state index contributed by atoms with van der Waals surface area (Å²) in [6.07, 6.45) is 14.3. The van der Waals surface area contributed by atoms with Crippen LogP contribution < -0.4 is 10.6 Å². The fraction of sp³-hybridized carbons (Fsp3) is 0.636. The van der Waals surface area contributed by atoms with E-state index in [1.807, 2.05) is 24.3 Å². The maximum atomic E-state index is 14.2. The Balaban J connectivity index is 1.23. The van der Waals surface area contributed by atoms with E-state index in [0.29, 0.717) is 19.3 Å². The summed E-state index contributed by atoms with van der Waals surface area (Å²) < 4.78 is 5.61. The number of ether oxygens (including phenoxy) is 1. The standard InChI is InChI=1S/C33H43N5O7/c39-29-28-18-23(45-37-26-16-8-15-25-24(26)13-9-17-34-25)20-38(28)30(40)27(35-32(43)44-22-11-6-7-12-22)14-5-3-1-2-4-10-21-19-33(21,36-29)31(41)42/h4,9-10,13,17,21-23,27-28H,1-3,5-8,11-12,14-16,18-20H2,(H,35,43)(H,36,39)(H,41,42)/b10-4-,37-26+/t21-,23-,27+,28+,33+/m1/s1. The molecule has 0 spiro atoms. The van der Waals surface area contributed by atoms with Gasteiger partial charge in [-0.1, -0.05) is 30.1 Å². The zero-order valence-corrected chi connectivity index (χ0v) is 25.6. The molecule has 242 valence electrons. The number of aliphatic carboxylic acids is 1. The first-order chi connectivity index (χ1) is 21.8. The topological polar surface area (TPSA) is 160 Å². The number of pyridine rings is 1. The monoisotopic (exact) mass is 621 g/mol. The summed E-state index contributed by atoms with van der Waals surface area (Å²) >= 11 is 0. The number of carboxylic acids is 1. The molecule has 1 aromatic heterocycles. The molecule has 2 aliphatic heterocycles. The fourth-order valence-electron chi connectivity index (χ4n) is 7.16. The van der Waals surface area contributed by atoms with Gasteiger partial charge in [0.15, 0.2) is 0 Å². The van der Waals surface area contributed by atoms with E-state index < -0.39 is 47.6 Å². The van der Waals surface area contributed by atoms with Crippen molar-refractivity contribution in [3.63, 3.8) is 0 Å². The number of hydrogen-bond acceptors (Lipinski definition) is 8. The predicted molar refractivity (Wildman–Crippen MR) is 163 cm³/mol. The number of aryl methyl sites for hydroxylation is 1. The minimum Gasteiger partial charge on any atom is -0.479 e. The van der Waals surface area contributed by atoms with Crippen LogP contribution in [0.5, 0.6) is 0 Å². The Labute approximate surface area is 263 Å². The Bertz CT molecular complexity index is 1360. The van der Waals surface area contributed by atoms with Crippen LogP contribution in [0.3, 0.4) is 0 Å². The maximum absolute atomic E-state index is 14.2. The summed E-state index contributed by atoms with van der Waals surface area (Å²) in [5.41, 5.74) is 1.27. The zero-order valence-electron chi connectivity index (χ0n) is 25.6. The third-order valence-electron chi connectivity index (χ3n) is 9.83. The molecule has 1 aromatic rings. The van der Waals surface area contributed by atoms with Crippen molar-refractivity contribution < 1.29 is 33.9 Å². The molecular formula is C33H43N5O7. The van der Waals surface area contributed by atoms with Crippen molar-refractivity contribution in [2.75, 3.05) is 6.54 Å². The highest BCUT2D eigenvalue weighted by molar-refractivity contribution is 6.02. The molecule has 5 aliphatic rings. The van der Waals surface area contributed by atoms with Crippen molar-refractivity contribution in [3.05, 3.63) is 41.7 Å². The maximum Gasteiger partial charge on any atom is 0.408 e. The summed E-state index contributed by atoms with van der Waals surface area (Å²) in [7, 11) is 0. The minimum atomic E-state index is -1.40. The lowest BCUT2D eigenvalue weighted by molar-refractivity contribution is -0.145.